The molecule has 0 aromatic carbocycles. The lowest BCUT2D eigenvalue weighted by molar-refractivity contribution is -0.110. The van der Waals surface area contributed by atoms with E-state index < -0.39 is 8.07 Å². The predicted octanol–water partition coefficient (Wildman–Crippen LogP) is 2.69. The van der Waals surface area contributed by atoms with Crippen LogP contribution in [0.25, 0.3) is 0 Å². The molecule has 2 atom stereocenters. The third-order valence-electron chi connectivity index (χ3n) is 2.86. The maximum Gasteiger partial charge on any atom is 0.123 e. The van der Waals surface area contributed by atoms with Gasteiger partial charge in [-0.05, 0) is 12.0 Å². The molecule has 64 valence electrons. The Labute approximate surface area is 70.2 Å². The van der Waals surface area contributed by atoms with Gasteiger partial charge in [0.25, 0.3) is 0 Å². The Hall–Kier alpha value is -0.113. The van der Waals surface area contributed by atoms with Gasteiger partial charge in [-0.1, -0.05) is 32.5 Å². The van der Waals surface area contributed by atoms with Gasteiger partial charge in [0.2, 0.25) is 0 Å². The fourth-order valence-corrected chi connectivity index (χ4v) is 4.83. The van der Waals surface area contributed by atoms with Gasteiger partial charge in [0, 0.05) is 14.0 Å². The fraction of sp³-hybridized carbons (Fsp3) is 0.889. The van der Waals surface area contributed by atoms with Crippen LogP contribution in [-0.2, 0) is 4.79 Å². The molecule has 0 spiro atoms. The molecule has 1 saturated carbocycles. The first-order chi connectivity index (χ1) is 5.05. The minimum absolute atomic E-state index is 0.404. The van der Waals surface area contributed by atoms with Gasteiger partial charge in [0.1, 0.15) is 6.29 Å². The maximum atomic E-state index is 10.7. The molecule has 0 radical (unpaired) electrons. The van der Waals surface area contributed by atoms with Crippen LogP contribution in [0.4, 0.5) is 0 Å². The number of carbonyl (C=O) groups excluding carboxylic acids is 1. The van der Waals surface area contributed by atoms with Gasteiger partial charge in [0.15, 0.2) is 0 Å². The maximum absolute atomic E-state index is 10.7. The molecule has 1 nitrogen and oxygen atoms in total. The molecule has 2 heteroatoms. The average Bonchev–Trinajstić information content (AvgIpc) is 2.31. The first-order valence-electron chi connectivity index (χ1n) is 4.51. The van der Waals surface area contributed by atoms with E-state index in [-0.39, 0.29) is 0 Å². The quantitative estimate of drug-likeness (QED) is 0.460. The molecule has 2 unspecified atom stereocenters. The highest BCUT2D eigenvalue weighted by molar-refractivity contribution is 6.77. The minimum Gasteiger partial charge on any atom is -0.303 e. The van der Waals surface area contributed by atoms with Crippen molar-refractivity contribution in [3.63, 3.8) is 0 Å². The van der Waals surface area contributed by atoms with Gasteiger partial charge >= 0.3 is 0 Å². The molecule has 1 rings (SSSR count). The molecule has 0 saturated heterocycles. The Morgan fingerprint density at radius 2 is 1.91 bits per heavy atom. The van der Waals surface area contributed by atoms with Gasteiger partial charge in [0.05, 0.1) is 0 Å². The summed E-state index contributed by atoms with van der Waals surface area (Å²) >= 11 is 0. The van der Waals surface area contributed by atoms with Crippen molar-refractivity contribution >= 4 is 14.4 Å². The molecule has 0 aromatic heterocycles. The van der Waals surface area contributed by atoms with Crippen LogP contribution >= 0.6 is 0 Å². The lowest BCUT2D eigenvalue weighted by atomic mass is 10.1. The summed E-state index contributed by atoms with van der Waals surface area (Å²) in [6.45, 7) is 7.12. The summed E-state index contributed by atoms with van der Waals surface area (Å²) in [7, 11) is -1.04. The zero-order chi connectivity index (χ0) is 8.48. The van der Waals surface area contributed by atoms with Crippen LogP contribution < -0.4 is 0 Å². The Balaban J connectivity index is 2.63. The van der Waals surface area contributed by atoms with Crippen molar-refractivity contribution in [3.05, 3.63) is 0 Å². The minimum atomic E-state index is -1.04. The molecule has 11 heavy (non-hydrogen) atoms. The van der Waals surface area contributed by atoms with E-state index in [4.69, 9.17) is 0 Å². The summed E-state index contributed by atoms with van der Waals surface area (Å²) in [6, 6.07) is 0. The molecular weight excluding hydrogens is 152 g/mol. The molecule has 0 aromatic rings. The topological polar surface area (TPSA) is 17.1 Å². The van der Waals surface area contributed by atoms with E-state index in [0.717, 1.165) is 12.0 Å². The highest BCUT2D eigenvalue weighted by Gasteiger charge is 2.36. The van der Waals surface area contributed by atoms with E-state index >= 15 is 0 Å². The second kappa shape index (κ2) is 3.09. The third kappa shape index (κ3) is 1.92. The monoisotopic (exact) mass is 170 g/mol. The Bertz CT molecular complexity index is 148. The standard InChI is InChI=1S/C9H18OSi/c1-11(2,3)9-6-4-5-8(9)7-10/h7-9H,4-6H2,1-3H3. The highest BCUT2D eigenvalue weighted by Crippen LogP contribution is 2.42. The first-order valence-corrected chi connectivity index (χ1v) is 8.08. The van der Waals surface area contributed by atoms with E-state index in [2.05, 4.69) is 19.6 Å². The summed E-state index contributed by atoms with van der Waals surface area (Å²) < 4.78 is 0. The van der Waals surface area contributed by atoms with Crippen LogP contribution in [0.15, 0.2) is 0 Å². The lowest BCUT2D eigenvalue weighted by Crippen LogP contribution is -2.30. The number of carbonyl (C=O) groups is 1. The first kappa shape index (κ1) is 8.98. The molecule has 0 amide bonds. The van der Waals surface area contributed by atoms with Gasteiger partial charge in [-0.25, -0.2) is 0 Å². The smallest absolute Gasteiger partial charge is 0.123 e. The fourth-order valence-electron chi connectivity index (χ4n) is 2.23. The number of hydrogen-bond acceptors (Lipinski definition) is 1. The SMILES string of the molecule is C[Si](C)(C)C1CCCC1C=O. The average molecular weight is 170 g/mol. The van der Waals surface area contributed by atoms with Gasteiger partial charge in [-0.2, -0.15) is 0 Å². The van der Waals surface area contributed by atoms with E-state index in [1.165, 1.54) is 19.1 Å². The van der Waals surface area contributed by atoms with Crippen molar-refractivity contribution in [2.24, 2.45) is 5.92 Å². The van der Waals surface area contributed by atoms with Gasteiger partial charge in [-0.3, -0.25) is 0 Å². The number of hydrogen-bond donors (Lipinski definition) is 0. The molecule has 0 aliphatic heterocycles. The summed E-state index contributed by atoms with van der Waals surface area (Å²) in [4.78, 5) is 10.7. The Morgan fingerprint density at radius 1 is 1.27 bits per heavy atom. The van der Waals surface area contributed by atoms with Crippen LogP contribution in [0.1, 0.15) is 19.3 Å². The molecule has 0 bridgehead atoms. The second-order valence-corrected chi connectivity index (χ2v) is 10.2. The van der Waals surface area contributed by atoms with Crippen molar-refractivity contribution in [2.75, 3.05) is 0 Å². The van der Waals surface area contributed by atoms with Crippen LogP contribution in [0.2, 0.25) is 25.2 Å². The van der Waals surface area contributed by atoms with Gasteiger partial charge < -0.3 is 4.79 Å². The van der Waals surface area contributed by atoms with Crippen molar-refractivity contribution in [1.82, 2.24) is 0 Å². The predicted molar refractivity (Wildman–Crippen MR) is 50.5 cm³/mol. The normalized spacial score (nSPS) is 32.3. The van der Waals surface area contributed by atoms with Crippen LogP contribution in [-0.4, -0.2) is 14.4 Å². The number of rotatable bonds is 2. The molecule has 1 aliphatic carbocycles. The summed E-state index contributed by atoms with van der Waals surface area (Å²) in [5, 5.41) is 0. The van der Waals surface area contributed by atoms with Crippen LogP contribution in [0.3, 0.4) is 0 Å². The molecular formula is C9H18OSi. The molecule has 0 N–H and O–H groups in total. The van der Waals surface area contributed by atoms with Crippen molar-refractivity contribution in [1.29, 1.82) is 0 Å². The van der Waals surface area contributed by atoms with Crippen molar-refractivity contribution in [3.8, 4) is 0 Å². The van der Waals surface area contributed by atoms with E-state index in [0.29, 0.717) is 5.92 Å². The van der Waals surface area contributed by atoms with E-state index in [1.54, 1.807) is 0 Å². The number of aldehydes is 1. The zero-order valence-corrected chi connectivity index (χ0v) is 8.76. The van der Waals surface area contributed by atoms with E-state index in [9.17, 15) is 4.79 Å². The lowest BCUT2D eigenvalue weighted by Gasteiger charge is -2.27. The summed E-state index contributed by atoms with van der Waals surface area (Å²) in [6.07, 6.45) is 4.92. The molecule has 0 heterocycles. The van der Waals surface area contributed by atoms with Crippen molar-refractivity contribution < 1.29 is 4.79 Å². The zero-order valence-electron chi connectivity index (χ0n) is 7.76. The Morgan fingerprint density at radius 3 is 2.27 bits per heavy atom. The van der Waals surface area contributed by atoms with Crippen LogP contribution in [0.5, 0.6) is 0 Å². The second-order valence-electron chi connectivity index (χ2n) is 4.70. The van der Waals surface area contributed by atoms with Crippen molar-refractivity contribution in [2.45, 2.75) is 44.4 Å². The molecule has 1 aliphatic rings. The van der Waals surface area contributed by atoms with E-state index in [1.807, 2.05) is 0 Å². The summed E-state index contributed by atoms with van der Waals surface area (Å²) in [5.41, 5.74) is 0.764. The van der Waals surface area contributed by atoms with Crippen LogP contribution in [0, 0.1) is 5.92 Å². The largest absolute Gasteiger partial charge is 0.303 e. The Kier molecular flexibility index (Phi) is 2.53. The summed E-state index contributed by atoms with van der Waals surface area (Å²) in [5.74, 6) is 0.404. The molecule has 1 fully saturated rings. The van der Waals surface area contributed by atoms with Gasteiger partial charge in [-0.15, -0.1) is 0 Å². The highest BCUT2D eigenvalue weighted by atomic mass is 28.3. The third-order valence-corrected chi connectivity index (χ3v) is 5.80.